The van der Waals surface area contributed by atoms with Crippen LogP contribution in [-0.4, -0.2) is 32.0 Å². The first kappa shape index (κ1) is 20.0. The molecule has 8 heteroatoms. The van der Waals surface area contributed by atoms with E-state index in [-0.39, 0.29) is 28.6 Å². The van der Waals surface area contributed by atoms with Gasteiger partial charge in [0.25, 0.3) is 5.91 Å². The van der Waals surface area contributed by atoms with Crippen LogP contribution < -0.4 is 14.8 Å². The Balaban J connectivity index is 2.17. The number of amides is 1. The summed E-state index contributed by atoms with van der Waals surface area (Å²) in [7, 11) is -0.639. The van der Waals surface area contributed by atoms with Crippen LogP contribution in [0.4, 0.5) is 0 Å². The summed E-state index contributed by atoms with van der Waals surface area (Å²) >= 11 is 0. The van der Waals surface area contributed by atoms with Gasteiger partial charge in [-0.15, -0.1) is 0 Å². The molecule has 1 amide bonds. The number of carbonyl (C=O) groups excluding carboxylic acids is 1. The van der Waals surface area contributed by atoms with Crippen LogP contribution in [0, 0.1) is 0 Å². The molecule has 0 aliphatic heterocycles. The van der Waals surface area contributed by atoms with Crippen molar-refractivity contribution in [2.45, 2.75) is 37.8 Å². The van der Waals surface area contributed by atoms with Gasteiger partial charge in [0.2, 0.25) is 10.0 Å². The molecule has 1 aromatic heterocycles. The molecule has 0 aliphatic rings. The summed E-state index contributed by atoms with van der Waals surface area (Å²) in [6.07, 6.45) is 1.47. The van der Waals surface area contributed by atoms with Crippen molar-refractivity contribution in [1.29, 1.82) is 0 Å². The normalized spacial score (nSPS) is 12.8. The van der Waals surface area contributed by atoms with Gasteiger partial charge in [-0.05, 0) is 51.6 Å². The number of ether oxygens (including phenoxy) is 1. The van der Waals surface area contributed by atoms with Crippen LogP contribution in [0.3, 0.4) is 0 Å². The lowest BCUT2D eigenvalue weighted by Crippen LogP contribution is -2.28. The molecule has 2 N–H and O–H groups in total. The molecular weight excluding hydrogens is 354 g/mol. The van der Waals surface area contributed by atoms with Gasteiger partial charge in [0.1, 0.15) is 16.3 Å². The summed E-state index contributed by atoms with van der Waals surface area (Å²) in [6, 6.07) is 8.61. The lowest BCUT2D eigenvalue weighted by atomic mass is 10.1. The first-order valence-electron chi connectivity index (χ1n) is 8.31. The molecular formula is C18H25N3O4S. The minimum atomic E-state index is -3.60. The van der Waals surface area contributed by atoms with E-state index in [1.54, 1.807) is 7.05 Å². The number of nitrogens with zero attached hydrogens (tertiary/aromatic N) is 1. The van der Waals surface area contributed by atoms with Gasteiger partial charge >= 0.3 is 0 Å². The highest BCUT2D eigenvalue weighted by Gasteiger charge is 2.20. The van der Waals surface area contributed by atoms with Crippen LogP contribution in [0.1, 0.15) is 42.9 Å². The molecule has 1 unspecified atom stereocenters. The van der Waals surface area contributed by atoms with E-state index in [9.17, 15) is 13.2 Å². The SMILES string of the molecule is CNS(=O)(=O)c1cc(C(=O)NC(C)c2cccc(OC(C)C)c2)n(C)c1. The highest BCUT2D eigenvalue weighted by Crippen LogP contribution is 2.21. The first-order chi connectivity index (χ1) is 12.1. The number of hydrogen-bond donors (Lipinski definition) is 2. The number of rotatable bonds is 7. The molecule has 0 saturated heterocycles. The van der Waals surface area contributed by atoms with Gasteiger partial charge in [-0.25, -0.2) is 13.1 Å². The third-order valence-corrected chi connectivity index (χ3v) is 5.25. The summed E-state index contributed by atoms with van der Waals surface area (Å²) in [5, 5.41) is 2.89. The number of hydrogen-bond acceptors (Lipinski definition) is 4. The highest BCUT2D eigenvalue weighted by molar-refractivity contribution is 7.89. The van der Waals surface area contributed by atoms with Crippen molar-refractivity contribution in [1.82, 2.24) is 14.6 Å². The largest absolute Gasteiger partial charge is 0.491 e. The van der Waals surface area contributed by atoms with E-state index in [1.165, 1.54) is 23.9 Å². The van der Waals surface area contributed by atoms with Crippen molar-refractivity contribution in [2.24, 2.45) is 7.05 Å². The highest BCUT2D eigenvalue weighted by atomic mass is 32.2. The van der Waals surface area contributed by atoms with E-state index in [2.05, 4.69) is 10.0 Å². The van der Waals surface area contributed by atoms with Gasteiger partial charge in [-0.1, -0.05) is 12.1 Å². The number of sulfonamides is 1. The molecule has 0 fully saturated rings. The number of nitrogens with one attached hydrogen (secondary N) is 2. The third kappa shape index (κ3) is 4.64. The van der Waals surface area contributed by atoms with E-state index in [1.807, 2.05) is 45.0 Å². The molecule has 0 saturated carbocycles. The monoisotopic (exact) mass is 379 g/mol. The fraction of sp³-hybridized carbons (Fsp3) is 0.389. The Kier molecular flexibility index (Phi) is 6.09. The molecule has 1 atom stereocenters. The number of carbonyl (C=O) groups is 1. The average molecular weight is 379 g/mol. The van der Waals surface area contributed by atoms with Crippen molar-refractivity contribution >= 4 is 15.9 Å². The van der Waals surface area contributed by atoms with E-state index in [0.717, 1.165) is 11.3 Å². The summed E-state index contributed by atoms with van der Waals surface area (Å²) in [6.45, 7) is 5.76. The Labute approximate surface area is 154 Å². The van der Waals surface area contributed by atoms with Crippen LogP contribution >= 0.6 is 0 Å². The topological polar surface area (TPSA) is 89.4 Å². The summed E-state index contributed by atoms with van der Waals surface area (Å²) in [5.41, 5.74) is 1.16. The number of benzene rings is 1. The van der Waals surface area contributed by atoms with E-state index >= 15 is 0 Å². The van der Waals surface area contributed by atoms with Crippen LogP contribution in [0.15, 0.2) is 41.4 Å². The van der Waals surface area contributed by atoms with Crippen molar-refractivity contribution < 1.29 is 17.9 Å². The molecule has 0 aliphatic carbocycles. The molecule has 0 spiro atoms. The molecule has 1 heterocycles. The Morgan fingerprint density at radius 1 is 1.19 bits per heavy atom. The maximum Gasteiger partial charge on any atom is 0.268 e. The maximum absolute atomic E-state index is 12.6. The van der Waals surface area contributed by atoms with Crippen molar-refractivity contribution in [3.05, 3.63) is 47.8 Å². The second-order valence-corrected chi connectivity index (χ2v) is 8.20. The van der Waals surface area contributed by atoms with Gasteiger partial charge < -0.3 is 14.6 Å². The van der Waals surface area contributed by atoms with Crippen LogP contribution in [0.2, 0.25) is 0 Å². The van der Waals surface area contributed by atoms with E-state index in [4.69, 9.17) is 4.74 Å². The summed E-state index contributed by atoms with van der Waals surface area (Å²) < 4.78 is 33.2. The quantitative estimate of drug-likeness (QED) is 0.772. The lowest BCUT2D eigenvalue weighted by molar-refractivity contribution is 0.0931. The molecule has 2 rings (SSSR count). The second kappa shape index (κ2) is 7.92. The Morgan fingerprint density at radius 2 is 1.88 bits per heavy atom. The zero-order chi connectivity index (χ0) is 19.5. The van der Waals surface area contributed by atoms with Crippen LogP contribution in [0.25, 0.3) is 0 Å². The predicted molar refractivity (Wildman–Crippen MR) is 99.7 cm³/mol. The van der Waals surface area contributed by atoms with E-state index in [0.29, 0.717) is 0 Å². The van der Waals surface area contributed by atoms with Crippen molar-refractivity contribution in [3.63, 3.8) is 0 Å². The van der Waals surface area contributed by atoms with Gasteiger partial charge in [0.15, 0.2) is 0 Å². The zero-order valence-corrected chi connectivity index (χ0v) is 16.4. The minimum absolute atomic E-state index is 0.0487. The predicted octanol–water partition coefficient (Wildman–Crippen LogP) is 2.21. The third-order valence-electron chi connectivity index (χ3n) is 3.87. The summed E-state index contributed by atoms with van der Waals surface area (Å²) in [4.78, 5) is 12.6. The smallest absolute Gasteiger partial charge is 0.268 e. The van der Waals surface area contributed by atoms with Crippen LogP contribution in [0.5, 0.6) is 5.75 Å². The molecule has 142 valence electrons. The van der Waals surface area contributed by atoms with Gasteiger partial charge in [0, 0.05) is 13.2 Å². The number of aromatic nitrogens is 1. The van der Waals surface area contributed by atoms with Gasteiger partial charge in [-0.3, -0.25) is 4.79 Å². The molecule has 2 aromatic rings. The van der Waals surface area contributed by atoms with Crippen molar-refractivity contribution in [3.8, 4) is 5.75 Å². The van der Waals surface area contributed by atoms with E-state index < -0.39 is 10.0 Å². The van der Waals surface area contributed by atoms with Crippen LogP contribution in [-0.2, 0) is 17.1 Å². The number of aryl methyl sites for hydroxylation is 1. The molecule has 7 nitrogen and oxygen atoms in total. The second-order valence-electron chi connectivity index (χ2n) is 6.31. The Hall–Kier alpha value is -2.32. The Bertz CT molecular complexity index is 888. The maximum atomic E-state index is 12.6. The fourth-order valence-corrected chi connectivity index (χ4v) is 3.31. The molecule has 0 radical (unpaired) electrons. The van der Waals surface area contributed by atoms with Gasteiger partial charge in [0.05, 0.1) is 12.1 Å². The minimum Gasteiger partial charge on any atom is -0.491 e. The zero-order valence-electron chi connectivity index (χ0n) is 15.6. The summed E-state index contributed by atoms with van der Waals surface area (Å²) in [5.74, 6) is 0.382. The molecule has 1 aromatic carbocycles. The lowest BCUT2D eigenvalue weighted by Gasteiger charge is -2.16. The molecule has 26 heavy (non-hydrogen) atoms. The standard InChI is InChI=1S/C18H25N3O4S/c1-12(2)25-15-8-6-7-14(9-15)13(3)20-18(22)17-10-16(11-21(17)5)26(23,24)19-4/h6-13,19H,1-5H3,(H,20,22). The van der Waals surface area contributed by atoms with Gasteiger partial charge in [-0.2, -0.15) is 0 Å². The molecule has 0 bridgehead atoms. The average Bonchev–Trinajstić information content (AvgIpc) is 2.97. The fourth-order valence-electron chi connectivity index (χ4n) is 2.51. The van der Waals surface area contributed by atoms with Crippen molar-refractivity contribution in [2.75, 3.05) is 7.05 Å². The first-order valence-corrected chi connectivity index (χ1v) is 9.79. The Morgan fingerprint density at radius 3 is 2.50 bits per heavy atom.